The van der Waals surface area contributed by atoms with Crippen molar-refractivity contribution in [3.05, 3.63) is 40.7 Å². The van der Waals surface area contributed by atoms with Crippen LogP contribution in [-0.4, -0.2) is 23.0 Å². The van der Waals surface area contributed by atoms with E-state index in [1.807, 2.05) is 24.3 Å². The topological polar surface area (TPSA) is 29.3 Å². The summed E-state index contributed by atoms with van der Waals surface area (Å²) in [7, 11) is 0. The van der Waals surface area contributed by atoms with Crippen LogP contribution in [-0.2, 0) is 6.54 Å². The van der Waals surface area contributed by atoms with E-state index in [4.69, 9.17) is 4.42 Å². The number of nitrogens with zero attached hydrogens (tertiary/aromatic N) is 2. The number of benzene rings is 1. The van der Waals surface area contributed by atoms with Gasteiger partial charge in [0.1, 0.15) is 6.26 Å². The summed E-state index contributed by atoms with van der Waals surface area (Å²) in [6.07, 6.45) is 4.38. The molecule has 1 fully saturated rings. The molecule has 0 aliphatic carbocycles. The number of hydrogen-bond acceptors (Lipinski definition) is 3. The van der Waals surface area contributed by atoms with Crippen LogP contribution in [0.25, 0.3) is 11.5 Å². The predicted molar refractivity (Wildman–Crippen MR) is 74.2 cm³/mol. The highest BCUT2D eigenvalue weighted by molar-refractivity contribution is 9.10. The second kappa shape index (κ2) is 5.24. The molecule has 2 heterocycles. The fourth-order valence-electron chi connectivity index (χ4n) is 2.27. The van der Waals surface area contributed by atoms with Crippen molar-refractivity contribution in [3.8, 4) is 11.5 Å². The van der Waals surface area contributed by atoms with Crippen LogP contribution < -0.4 is 0 Å². The highest BCUT2D eigenvalue weighted by atomic mass is 79.9. The summed E-state index contributed by atoms with van der Waals surface area (Å²) in [6, 6.07) is 8.02. The number of aromatic nitrogens is 1. The molecule has 1 aliphatic heterocycles. The maximum atomic E-state index is 5.55. The molecule has 2 aromatic rings. The minimum absolute atomic E-state index is 0.705. The lowest BCUT2D eigenvalue weighted by Crippen LogP contribution is -2.18. The molecule has 0 unspecified atom stereocenters. The fraction of sp³-hybridized carbons (Fsp3) is 0.357. The molecule has 0 bridgehead atoms. The molecule has 1 aliphatic rings. The van der Waals surface area contributed by atoms with Crippen molar-refractivity contribution in [2.75, 3.05) is 13.1 Å². The van der Waals surface area contributed by atoms with Crippen LogP contribution in [0.15, 0.2) is 39.4 Å². The van der Waals surface area contributed by atoms with Crippen molar-refractivity contribution >= 4 is 15.9 Å². The molecule has 3 rings (SSSR count). The maximum Gasteiger partial charge on any atom is 0.226 e. The van der Waals surface area contributed by atoms with E-state index >= 15 is 0 Å². The van der Waals surface area contributed by atoms with Crippen molar-refractivity contribution in [2.24, 2.45) is 0 Å². The van der Waals surface area contributed by atoms with Crippen molar-refractivity contribution in [1.82, 2.24) is 9.88 Å². The number of halogens is 1. The minimum Gasteiger partial charge on any atom is -0.444 e. The van der Waals surface area contributed by atoms with E-state index in [2.05, 4.69) is 25.8 Å². The van der Waals surface area contributed by atoms with Gasteiger partial charge in [0.2, 0.25) is 5.89 Å². The Morgan fingerprint density at radius 1 is 1.17 bits per heavy atom. The second-order valence-electron chi connectivity index (χ2n) is 4.63. The first-order valence-corrected chi connectivity index (χ1v) is 7.03. The van der Waals surface area contributed by atoms with Gasteiger partial charge in [0.25, 0.3) is 0 Å². The van der Waals surface area contributed by atoms with Crippen LogP contribution in [0.2, 0.25) is 0 Å². The van der Waals surface area contributed by atoms with Gasteiger partial charge < -0.3 is 4.42 Å². The van der Waals surface area contributed by atoms with Crippen LogP contribution >= 0.6 is 15.9 Å². The maximum absolute atomic E-state index is 5.55. The molecule has 1 aromatic heterocycles. The smallest absolute Gasteiger partial charge is 0.226 e. The molecule has 4 heteroatoms. The van der Waals surface area contributed by atoms with Gasteiger partial charge in [-0.2, -0.15) is 0 Å². The van der Waals surface area contributed by atoms with E-state index < -0.39 is 0 Å². The number of hydrogen-bond donors (Lipinski definition) is 0. The van der Waals surface area contributed by atoms with Crippen LogP contribution in [0.4, 0.5) is 0 Å². The predicted octanol–water partition coefficient (Wildman–Crippen LogP) is 3.70. The van der Waals surface area contributed by atoms with Crippen LogP contribution in [0.1, 0.15) is 18.5 Å². The van der Waals surface area contributed by atoms with Crippen molar-refractivity contribution in [2.45, 2.75) is 19.4 Å². The molecular weight excluding hydrogens is 292 g/mol. The Morgan fingerprint density at radius 2 is 1.89 bits per heavy atom. The van der Waals surface area contributed by atoms with E-state index in [-0.39, 0.29) is 0 Å². The average molecular weight is 307 g/mol. The van der Waals surface area contributed by atoms with Crippen LogP contribution in [0, 0.1) is 0 Å². The Morgan fingerprint density at radius 3 is 2.61 bits per heavy atom. The standard InChI is InChI=1S/C14H15BrN2O/c15-12-5-3-11(4-6-12)14-16-13(10-18-14)9-17-7-1-2-8-17/h3-6,10H,1-2,7-9H2. The van der Waals surface area contributed by atoms with E-state index in [0.717, 1.165) is 22.3 Å². The lowest BCUT2D eigenvalue weighted by Gasteiger charge is -2.11. The van der Waals surface area contributed by atoms with Gasteiger partial charge in [0, 0.05) is 16.6 Å². The molecule has 0 amide bonds. The number of likely N-dealkylation sites (tertiary alicyclic amines) is 1. The number of oxazole rings is 1. The quantitative estimate of drug-likeness (QED) is 0.866. The van der Waals surface area contributed by atoms with Gasteiger partial charge in [-0.1, -0.05) is 15.9 Å². The Hall–Kier alpha value is -1.13. The molecule has 0 spiro atoms. The van der Waals surface area contributed by atoms with E-state index in [0.29, 0.717) is 5.89 Å². The Labute approximate surface area is 115 Å². The zero-order chi connectivity index (χ0) is 12.4. The summed E-state index contributed by atoms with van der Waals surface area (Å²) in [6.45, 7) is 3.26. The minimum atomic E-state index is 0.705. The molecular formula is C14H15BrN2O. The van der Waals surface area contributed by atoms with Crippen molar-refractivity contribution in [1.29, 1.82) is 0 Å². The lowest BCUT2D eigenvalue weighted by atomic mass is 10.2. The summed E-state index contributed by atoms with van der Waals surface area (Å²) in [5, 5.41) is 0. The van der Waals surface area contributed by atoms with Gasteiger partial charge in [-0.25, -0.2) is 4.98 Å². The first-order chi connectivity index (χ1) is 8.81. The molecule has 18 heavy (non-hydrogen) atoms. The highest BCUT2D eigenvalue weighted by Gasteiger charge is 2.14. The Bertz CT molecular complexity index is 515. The fourth-order valence-corrected chi connectivity index (χ4v) is 2.54. The molecule has 0 N–H and O–H groups in total. The van der Waals surface area contributed by atoms with Gasteiger partial charge in [-0.3, -0.25) is 4.90 Å². The first kappa shape index (κ1) is 11.9. The largest absolute Gasteiger partial charge is 0.444 e. The Kier molecular flexibility index (Phi) is 3.48. The van der Waals surface area contributed by atoms with Gasteiger partial charge in [-0.05, 0) is 50.2 Å². The highest BCUT2D eigenvalue weighted by Crippen LogP contribution is 2.22. The van der Waals surface area contributed by atoms with Gasteiger partial charge in [-0.15, -0.1) is 0 Å². The Balaban J connectivity index is 1.74. The average Bonchev–Trinajstić information content (AvgIpc) is 3.02. The summed E-state index contributed by atoms with van der Waals surface area (Å²) >= 11 is 3.42. The molecule has 0 radical (unpaired) electrons. The molecule has 3 nitrogen and oxygen atoms in total. The monoisotopic (exact) mass is 306 g/mol. The number of rotatable bonds is 3. The zero-order valence-corrected chi connectivity index (χ0v) is 11.7. The third-order valence-corrected chi connectivity index (χ3v) is 3.76. The first-order valence-electron chi connectivity index (χ1n) is 6.24. The summed E-state index contributed by atoms with van der Waals surface area (Å²) in [5.74, 6) is 0.705. The molecule has 94 valence electrons. The van der Waals surface area contributed by atoms with E-state index in [9.17, 15) is 0 Å². The van der Waals surface area contributed by atoms with Crippen LogP contribution in [0.3, 0.4) is 0 Å². The van der Waals surface area contributed by atoms with E-state index in [1.54, 1.807) is 6.26 Å². The van der Waals surface area contributed by atoms with Gasteiger partial charge >= 0.3 is 0 Å². The molecule has 0 saturated carbocycles. The van der Waals surface area contributed by atoms with Gasteiger partial charge in [0.05, 0.1) is 5.69 Å². The van der Waals surface area contributed by atoms with Crippen molar-refractivity contribution < 1.29 is 4.42 Å². The normalized spacial score (nSPS) is 16.3. The van der Waals surface area contributed by atoms with Crippen molar-refractivity contribution in [3.63, 3.8) is 0 Å². The van der Waals surface area contributed by atoms with Crippen LogP contribution in [0.5, 0.6) is 0 Å². The molecule has 0 atom stereocenters. The third-order valence-electron chi connectivity index (χ3n) is 3.23. The molecule has 1 aromatic carbocycles. The zero-order valence-electron chi connectivity index (χ0n) is 10.1. The third kappa shape index (κ3) is 2.65. The summed E-state index contributed by atoms with van der Waals surface area (Å²) < 4.78 is 6.61. The summed E-state index contributed by atoms with van der Waals surface area (Å²) in [5.41, 5.74) is 2.04. The van der Waals surface area contributed by atoms with E-state index in [1.165, 1.54) is 25.9 Å². The molecule has 1 saturated heterocycles. The second-order valence-corrected chi connectivity index (χ2v) is 5.55. The van der Waals surface area contributed by atoms with Gasteiger partial charge in [0.15, 0.2) is 0 Å². The summed E-state index contributed by atoms with van der Waals surface area (Å²) in [4.78, 5) is 6.97. The SMILES string of the molecule is Brc1ccc(-c2nc(CN3CCCC3)co2)cc1. The lowest BCUT2D eigenvalue weighted by molar-refractivity contribution is 0.327.